The Labute approximate surface area is 488 Å². The van der Waals surface area contributed by atoms with E-state index >= 15 is 0 Å². The van der Waals surface area contributed by atoms with Gasteiger partial charge in [0, 0.05) is 101 Å². The molecule has 5 atom stereocenters. The molecule has 2 unspecified atom stereocenters. The summed E-state index contributed by atoms with van der Waals surface area (Å²) in [5, 5.41) is 17.2. The van der Waals surface area contributed by atoms with Gasteiger partial charge in [-0.2, -0.15) is 0 Å². The van der Waals surface area contributed by atoms with Crippen molar-refractivity contribution in [1.82, 2.24) is 36.1 Å². The lowest BCUT2D eigenvalue weighted by Crippen LogP contribution is -2.52. The Morgan fingerprint density at radius 2 is 1.57 bits per heavy atom. The number of aromatic amines is 1. The number of nitrogens with zero attached hydrogens (tertiary/aromatic N) is 2. The van der Waals surface area contributed by atoms with E-state index in [0.717, 1.165) is 43.4 Å². The van der Waals surface area contributed by atoms with E-state index in [2.05, 4.69) is 57.3 Å². The predicted octanol–water partition coefficient (Wildman–Crippen LogP) is 8.00. The number of thioether (sulfide) groups is 1. The number of carbonyl (C=O) groups is 9. The number of likely N-dealkylation sites (tertiary alicyclic amines) is 2. The molecule has 2 saturated carbocycles. The molecule has 3 aromatic carbocycles. The second-order valence-electron chi connectivity index (χ2n) is 22.9. The van der Waals surface area contributed by atoms with Crippen molar-refractivity contribution in [2.45, 2.75) is 145 Å². The molecular weight excluding hydrogens is 1070 g/mol. The minimum Gasteiger partial charge on any atom is -0.355 e. The van der Waals surface area contributed by atoms with E-state index in [9.17, 15) is 43.2 Å². The van der Waals surface area contributed by atoms with Crippen LogP contribution >= 0.6 is 11.8 Å². The quantitative estimate of drug-likeness (QED) is 0.0179. The van der Waals surface area contributed by atoms with Gasteiger partial charge < -0.3 is 47.5 Å². The summed E-state index contributed by atoms with van der Waals surface area (Å²) in [6.07, 6.45) is 14.0. The molecule has 9 N–H and O–H groups in total. The highest BCUT2D eigenvalue weighted by molar-refractivity contribution is 8.02. The average molecular weight is 1150 g/mol. The first kappa shape index (κ1) is 60.0. The Kier molecular flexibility index (Phi) is 19.0. The first-order valence-electron chi connectivity index (χ1n) is 29.5. The number of fused-ring (bicyclic) bond motifs is 2. The number of nitrogens with two attached hydrogens (primary N) is 1. The van der Waals surface area contributed by atoms with Crippen molar-refractivity contribution >= 4 is 87.2 Å². The van der Waals surface area contributed by atoms with Gasteiger partial charge in [-0.05, 0) is 124 Å². The topological polar surface area (TPSA) is 274 Å². The van der Waals surface area contributed by atoms with E-state index in [0.29, 0.717) is 63.6 Å². The van der Waals surface area contributed by atoms with Gasteiger partial charge in [0.15, 0.2) is 5.78 Å². The number of amides is 9. The molecule has 2 saturated heterocycles. The molecule has 20 heteroatoms. The van der Waals surface area contributed by atoms with Gasteiger partial charge in [0.1, 0.15) is 17.8 Å². The number of imide groups is 1. The summed E-state index contributed by atoms with van der Waals surface area (Å²) in [6, 6.07) is 18.1. The molecule has 0 bridgehead atoms. The summed E-state index contributed by atoms with van der Waals surface area (Å²) in [5.41, 5.74) is 10.1. The Hall–Kier alpha value is -7.58. The summed E-state index contributed by atoms with van der Waals surface area (Å²) in [4.78, 5) is 126. The van der Waals surface area contributed by atoms with Crippen LogP contribution in [0.2, 0.25) is 0 Å². The van der Waals surface area contributed by atoms with Crippen LogP contribution in [0.3, 0.4) is 0 Å². The molecule has 19 nitrogen and oxygen atoms in total. The van der Waals surface area contributed by atoms with E-state index in [1.165, 1.54) is 37.0 Å². The summed E-state index contributed by atoms with van der Waals surface area (Å²) >= 11 is 1.72. The fourth-order valence-electron chi connectivity index (χ4n) is 13.0. The molecule has 3 heterocycles. The van der Waals surface area contributed by atoms with Crippen molar-refractivity contribution in [2.75, 3.05) is 43.4 Å². The van der Waals surface area contributed by atoms with Gasteiger partial charge in [-0.1, -0.05) is 82.4 Å². The van der Waals surface area contributed by atoms with E-state index in [1.807, 2.05) is 24.3 Å². The van der Waals surface area contributed by atoms with Gasteiger partial charge in [-0.25, -0.2) is 4.79 Å². The normalized spacial score (nSPS) is 20.2. The largest absolute Gasteiger partial charge is 0.355 e. The van der Waals surface area contributed by atoms with Gasteiger partial charge in [-0.15, -0.1) is 11.8 Å². The lowest BCUT2D eigenvalue weighted by atomic mass is 9.78. The van der Waals surface area contributed by atoms with Crippen molar-refractivity contribution in [1.29, 1.82) is 0 Å². The van der Waals surface area contributed by atoms with Crippen LogP contribution in [0.1, 0.15) is 154 Å². The zero-order valence-electron chi connectivity index (χ0n) is 47.8. The number of H-pyrrole nitrogens is 1. The van der Waals surface area contributed by atoms with Gasteiger partial charge in [-0.3, -0.25) is 43.3 Å². The number of anilines is 2. The molecule has 1 aromatic heterocycles. The van der Waals surface area contributed by atoms with Crippen LogP contribution in [-0.2, 0) is 29.4 Å². The average Bonchev–Trinajstić information content (AvgIpc) is 1.56. The third-order valence-electron chi connectivity index (χ3n) is 17.5. The standard InChI is InChI=1S/C63H78N10O9S/c1-5-62(6-2,41-16-10-8-7-9-11-17-41)83-51-35-54(76)72(60(51)81)31-15-21-53(75)65-29-30-66-55(38(3)4)58(79)71-48(20-14-28-67-61(64)82)57(78)68-43-24-22-39(23-25-43)56(77)69-44-26-27-47-40(32-44)33-49(70-47)59(80)73-37-42-36-63(42)46-19-13-12-18-45(46)50(74)34-52(63)73/h12-13,18-19,22-27,32-34,41-42,48,51,55,66,70H,3,5-11,14-17,20-21,28-31,35-37H2,1-2,4H3,(H,65,75)(H,68,78)(H,69,77)(H,71,79)(H3,64,67,82)/t42-,48+,51?,55+,63?/m1/s1. The Morgan fingerprint density at radius 3 is 2.29 bits per heavy atom. The minimum absolute atomic E-state index is 0.0394. The third-order valence-corrected chi connectivity index (χ3v) is 19.6. The number of piperidine rings is 1. The van der Waals surface area contributed by atoms with Gasteiger partial charge in [0.25, 0.3) is 11.8 Å². The van der Waals surface area contributed by atoms with E-state index in [1.54, 1.807) is 78.2 Å². The van der Waals surface area contributed by atoms with Crippen LogP contribution in [0, 0.1) is 11.8 Å². The highest BCUT2D eigenvalue weighted by Crippen LogP contribution is 2.66. The van der Waals surface area contributed by atoms with E-state index in [4.69, 9.17) is 5.73 Å². The molecular formula is C63H78N10O9S. The molecule has 9 amide bonds. The van der Waals surface area contributed by atoms with Crippen molar-refractivity contribution < 1.29 is 43.2 Å². The van der Waals surface area contributed by atoms with Gasteiger partial charge in [0.05, 0.1) is 5.25 Å². The van der Waals surface area contributed by atoms with Crippen molar-refractivity contribution in [3.63, 3.8) is 0 Å². The number of primary amides is 1. The zero-order chi connectivity index (χ0) is 59.0. The van der Waals surface area contributed by atoms with E-state index < -0.39 is 41.1 Å². The lowest BCUT2D eigenvalue weighted by Gasteiger charge is -2.41. The second kappa shape index (κ2) is 26.3. The van der Waals surface area contributed by atoms with Gasteiger partial charge in [0.2, 0.25) is 29.5 Å². The number of rotatable bonds is 25. The second-order valence-corrected chi connectivity index (χ2v) is 24.5. The lowest BCUT2D eigenvalue weighted by molar-refractivity contribution is -0.138. The first-order valence-corrected chi connectivity index (χ1v) is 30.4. The van der Waals surface area contributed by atoms with Crippen LogP contribution in [0.25, 0.3) is 10.9 Å². The summed E-state index contributed by atoms with van der Waals surface area (Å²) in [7, 11) is 0. The molecule has 9 rings (SSSR count). The number of benzene rings is 3. The maximum Gasteiger partial charge on any atom is 0.312 e. The molecule has 4 aromatic rings. The van der Waals surface area contributed by atoms with Crippen LogP contribution in [-0.4, -0.2) is 123 Å². The van der Waals surface area contributed by atoms with Crippen LogP contribution in [0.15, 0.2) is 96.7 Å². The highest BCUT2D eigenvalue weighted by Gasteiger charge is 2.67. The molecule has 0 radical (unpaired) electrons. The first-order chi connectivity index (χ1) is 39.9. The third kappa shape index (κ3) is 13.4. The molecule has 5 aliphatic rings. The van der Waals surface area contributed by atoms with Crippen LogP contribution < -0.4 is 37.6 Å². The molecule has 2 aliphatic heterocycles. The van der Waals surface area contributed by atoms with Crippen molar-refractivity contribution in [2.24, 2.45) is 17.6 Å². The summed E-state index contributed by atoms with van der Waals surface area (Å²) in [5.74, 6) is -1.67. The Balaban J connectivity index is 0.731. The number of aromatic nitrogens is 1. The molecule has 440 valence electrons. The number of urea groups is 1. The molecule has 1 spiro atoms. The maximum atomic E-state index is 14.0. The number of carbonyl (C=O) groups excluding carboxylic acids is 9. The smallest absolute Gasteiger partial charge is 0.312 e. The highest BCUT2D eigenvalue weighted by atomic mass is 32.2. The van der Waals surface area contributed by atoms with Gasteiger partial charge >= 0.3 is 6.03 Å². The predicted molar refractivity (Wildman–Crippen MR) is 320 cm³/mol. The van der Waals surface area contributed by atoms with Crippen LogP contribution in [0.5, 0.6) is 0 Å². The SMILES string of the molecule is C=C(C)[C@H](NCCNC(=O)CCCN1C(=O)CC(SC(CC)(CC)C2CCCCCCC2)C1=O)C(=O)N[C@@H](CCCNC(N)=O)C(=O)Nc1ccc(C(=O)Nc2ccc3[nH]c(C(=O)N4C[C@H]5CC56C4=CC(=O)c4ccccc46)cc3c2)cc1. The minimum atomic E-state index is -1.07. The maximum absolute atomic E-state index is 14.0. The Bertz CT molecular complexity index is 3200. The number of ketones is 1. The Morgan fingerprint density at radius 1 is 0.843 bits per heavy atom. The molecule has 3 aliphatic carbocycles. The molecule has 83 heavy (non-hydrogen) atoms. The van der Waals surface area contributed by atoms with Crippen molar-refractivity contribution in [3.8, 4) is 0 Å². The monoisotopic (exact) mass is 1150 g/mol. The molecule has 4 fully saturated rings. The van der Waals surface area contributed by atoms with E-state index in [-0.39, 0.29) is 97.4 Å². The summed E-state index contributed by atoms with van der Waals surface area (Å²) < 4.78 is -0.0394. The number of allylic oxidation sites excluding steroid dienone is 2. The number of hydrogen-bond donors (Lipinski definition) is 8. The number of hydrogen-bond acceptors (Lipinski definition) is 11. The number of nitrogens with one attached hydrogen (secondary N) is 7. The fraction of sp³-hybridized carbons (Fsp3) is 0.476. The fourth-order valence-corrected chi connectivity index (χ4v) is 14.7. The van der Waals surface area contributed by atoms with Crippen LogP contribution in [0.4, 0.5) is 16.2 Å². The summed E-state index contributed by atoms with van der Waals surface area (Å²) in [6.45, 7) is 11.2. The zero-order valence-corrected chi connectivity index (χ0v) is 48.6. The van der Waals surface area contributed by atoms with Crippen molar-refractivity contribution in [3.05, 3.63) is 119 Å².